The minimum absolute atomic E-state index is 0.00181. The van der Waals surface area contributed by atoms with E-state index in [1.165, 1.54) is 49.3 Å². The molecule has 10 rings (SSSR count). The van der Waals surface area contributed by atoms with Crippen molar-refractivity contribution in [3.05, 3.63) is 239 Å². The number of aromatic nitrogens is 6. The van der Waals surface area contributed by atoms with Gasteiger partial charge in [0.25, 0.3) is 12.9 Å². The molecule has 2 aliphatic rings. The molecule has 2 atom stereocenters. The lowest BCUT2D eigenvalue weighted by molar-refractivity contribution is -0.134. The van der Waals surface area contributed by atoms with E-state index < -0.39 is 58.9 Å². The van der Waals surface area contributed by atoms with Crippen LogP contribution in [0, 0.1) is 11.6 Å². The van der Waals surface area contributed by atoms with Crippen molar-refractivity contribution < 1.29 is 46.1 Å². The van der Waals surface area contributed by atoms with E-state index >= 15 is 0 Å². The highest BCUT2D eigenvalue weighted by molar-refractivity contribution is 6.04. The molecule has 0 saturated heterocycles. The lowest BCUT2D eigenvalue weighted by Crippen LogP contribution is -2.26. The maximum absolute atomic E-state index is 14.8. The summed E-state index contributed by atoms with van der Waals surface area (Å²) in [7, 11) is 0. The first kappa shape index (κ1) is 49.0. The van der Waals surface area contributed by atoms with E-state index in [0.717, 1.165) is 22.3 Å². The van der Waals surface area contributed by atoms with Crippen LogP contribution < -0.4 is 11.5 Å². The summed E-state index contributed by atoms with van der Waals surface area (Å²) in [5, 5.41) is 15.6. The Balaban J connectivity index is 0.000000168. The molecule has 4 aromatic heterocycles. The molecule has 6 heterocycles. The molecule has 0 aliphatic carbocycles. The van der Waals surface area contributed by atoms with Gasteiger partial charge in [-0.15, -0.1) is 0 Å². The summed E-state index contributed by atoms with van der Waals surface area (Å²) in [6.07, 6.45) is 7.71. The highest BCUT2D eigenvalue weighted by Gasteiger charge is 2.46. The number of benzene rings is 4. The first-order chi connectivity index (χ1) is 34.6. The first-order valence-electron chi connectivity index (χ1n) is 21.3. The normalized spacial score (nSPS) is 16.4. The lowest BCUT2D eigenvalue weighted by Gasteiger charge is -2.30. The Morgan fingerprint density at radius 1 is 0.500 bits per heavy atom. The van der Waals surface area contributed by atoms with Gasteiger partial charge in [0.15, 0.2) is 0 Å². The molecule has 360 valence electrons. The number of nitrogens with two attached hydrogens (primary N) is 2. The third kappa shape index (κ3) is 9.60. The maximum atomic E-state index is 14.8. The molecule has 0 bridgehead atoms. The molecule has 0 saturated carbocycles. The minimum Gasteiger partial charge on any atom is -0.478 e. The Labute approximate surface area is 404 Å². The van der Waals surface area contributed by atoms with Crippen molar-refractivity contribution in [1.29, 1.82) is 0 Å². The largest absolute Gasteiger partial charge is 0.478 e. The van der Waals surface area contributed by atoms with E-state index in [9.17, 15) is 35.9 Å². The van der Waals surface area contributed by atoms with E-state index in [4.69, 9.17) is 21.7 Å². The molecule has 0 fully saturated rings. The fraction of sp³-hybridized carbons (Fsp3) is 0.0769. The Morgan fingerprint density at radius 3 is 1.22 bits per heavy atom. The fourth-order valence-corrected chi connectivity index (χ4v) is 8.45. The average Bonchev–Trinajstić information content (AvgIpc) is 3.89. The summed E-state index contributed by atoms with van der Waals surface area (Å²) in [4.78, 5) is 52.2. The number of aliphatic imine (C=N–C) groups is 2. The fourth-order valence-electron chi connectivity index (χ4n) is 8.45. The van der Waals surface area contributed by atoms with Crippen LogP contribution in [0.4, 0.5) is 26.3 Å². The van der Waals surface area contributed by atoms with Gasteiger partial charge in [0, 0.05) is 71.6 Å². The Hall–Kier alpha value is -9.46. The summed E-state index contributed by atoms with van der Waals surface area (Å²) in [5.74, 6) is -3.56. The van der Waals surface area contributed by atoms with E-state index in [1.54, 1.807) is 61.2 Å². The molecule has 0 unspecified atom stereocenters. The van der Waals surface area contributed by atoms with Gasteiger partial charge in [-0.1, -0.05) is 60.7 Å². The molecule has 72 heavy (non-hydrogen) atoms. The second-order valence-corrected chi connectivity index (χ2v) is 15.7. The van der Waals surface area contributed by atoms with Crippen molar-refractivity contribution in [3.63, 3.8) is 0 Å². The third-order valence-electron chi connectivity index (χ3n) is 11.5. The molecule has 0 spiro atoms. The number of carbonyl (C=O) groups is 2. The zero-order valence-electron chi connectivity index (χ0n) is 37.0. The van der Waals surface area contributed by atoms with Crippen LogP contribution in [0.15, 0.2) is 181 Å². The highest BCUT2D eigenvalue weighted by Crippen LogP contribution is 2.49. The summed E-state index contributed by atoms with van der Waals surface area (Å²) < 4.78 is 83.5. The number of pyridine rings is 2. The van der Waals surface area contributed by atoms with Gasteiger partial charge in [-0.3, -0.25) is 9.97 Å². The van der Waals surface area contributed by atoms with Gasteiger partial charge in [0.05, 0.1) is 11.1 Å². The average molecular weight is 979 g/mol. The van der Waals surface area contributed by atoms with E-state index in [-0.39, 0.29) is 22.8 Å². The lowest BCUT2D eigenvalue weighted by atomic mass is 9.77. The number of hydrogen-bond acceptors (Lipinski definition) is 12. The summed E-state index contributed by atoms with van der Waals surface area (Å²) in [6.45, 7) is 0. The molecule has 14 nitrogen and oxygen atoms in total. The van der Waals surface area contributed by atoms with Crippen molar-refractivity contribution in [1.82, 2.24) is 29.9 Å². The quantitative estimate of drug-likeness (QED) is 0.0744. The van der Waals surface area contributed by atoms with Crippen LogP contribution in [0.3, 0.4) is 0 Å². The molecular weight excluding hydrogens is 943 g/mol. The number of aliphatic carboxylic acids is 2. The number of amidine groups is 2. The van der Waals surface area contributed by atoms with Crippen LogP contribution in [0.1, 0.15) is 68.7 Å². The van der Waals surface area contributed by atoms with Gasteiger partial charge < -0.3 is 21.7 Å². The van der Waals surface area contributed by atoms with Gasteiger partial charge in [0.1, 0.15) is 58.4 Å². The van der Waals surface area contributed by atoms with E-state index in [1.807, 2.05) is 48.5 Å². The Morgan fingerprint density at radius 2 is 0.861 bits per heavy atom. The van der Waals surface area contributed by atoms with E-state index in [0.29, 0.717) is 45.5 Å². The van der Waals surface area contributed by atoms with Crippen molar-refractivity contribution in [2.75, 3.05) is 0 Å². The molecule has 2 aliphatic heterocycles. The molecule has 6 N–H and O–H groups in total. The molecule has 8 aromatic rings. The van der Waals surface area contributed by atoms with E-state index in [2.05, 4.69) is 39.9 Å². The number of carboxylic acid groups (broad SMARTS) is 2. The minimum atomic E-state index is -2.77. The van der Waals surface area contributed by atoms with Crippen molar-refractivity contribution in [3.8, 4) is 22.3 Å². The zero-order chi connectivity index (χ0) is 51.2. The van der Waals surface area contributed by atoms with Gasteiger partial charge in [-0.2, -0.15) is 0 Å². The monoisotopic (exact) mass is 978 g/mol. The Kier molecular flexibility index (Phi) is 14.0. The number of carboxylic acids is 2. The van der Waals surface area contributed by atoms with Gasteiger partial charge >= 0.3 is 11.9 Å². The second kappa shape index (κ2) is 20.6. The number of alkyl halides is 4. The molecule has 20 heteroatoms. The number of fused-ring (bicyclic) bond motifs is 2. The van der Waals surface area contributed by atoms with Gasteiger partial charge in [-0.25, -0.2) is 65.9 Å². The SMILES string of the molecule is NC1=N[C@@](c2cccc(-c3cncnc3)c2)(c2ccnc(C(F)F)c2)c2cccc(F)c21.NC1=N[C@@](c2cccc(-c3cncnc3)c2)(c2ccnc(C(F)F)c2)c2cccc(F)c21.O=C(O)/C=C/C(=O)O. The molecule has 0 radical (unpaired) electrons. The van der Waals surface area contributed by atoms with Crippen molar-refractivity contribution in [2.45, 2.75) is 23.9 Å². The molecular formula is C52H36F6N10O4. The van der Waals surface area contributed by atoms with Crippen LogP contribution in [0.2, 0.25) is 0 Å². The van der Waals surface area contributed by atoms with Crippen LogP contribution in [-0.4, -0.2) is 63.7 Å². The second-order valence-electron chi connectivity index (χ2n) is 15.7. The number of rotatable bonds is 10. The first-order valence-corrected chi connectivity index (χ1v) is 21.3. The van der Waals surface area contributed by atoms with Crippen LogP contribution in [0.5, 0.6) is 0 Å². The third-order valence-corrected chi connectivity index (χ3v) is 11.5. The predicted molar refractivity (Wildman–Crippen MR) is 252 cm³/mol. The van der Waals surface area contributed by atoms with Crippen LogP contribution >= 0.6 is 0 Å². The molecule has 4 aromatic carbocycles. The van der Waals surface area contributed by atoms with Crippen molar-refractivity contribution >= 4 is 23.6 Å². The predicted octanol–water partition coefficient (Wildman–Crippen LogP) is 8.96. The number of hydrogen-bond donors (Lipinski definition) is 4. The standard InChI is InChI=1S/2C24H16F3N5.C4H4O4/c2*25-19-6-2-5-18-21(19)23(28)32-24(18,17-7-8-31-20(10-17)22(26)27)16-4-1-3-14(9-16)15-11-29-13-30-12-15;5-3(6)1-2-4(7)8/h2*1-13,22H,(H2,28,32);1-2H,(H,5,6)(H,7,8)/b;;2-1+/t2*24-;/m00./s1. The Bertz CT molecular complexity index is 3200. The van der Waals surface area contributed by atoms with Gasteiger partial charge in [0.2, 0.25) is 0 Å². The smallest absolute Gasteiger partial charge is 0.328 e. The molecule has 0 amide bonds. The van der Waals surface area contributed by atoms with Crippen LogP contribution in [0.25, 0.3) is 22.3 Å². The number of nitrogens with zero attached hydrogens (tertiary/aromatic N) is 8. The van der Waals surface area contributed by atoms with Crippen LogP contribution in [-0.2, 0) is 20.7 Å². The van der Waals surface area contributed by atoms with Crippen molar-refractivity contribution in [2.24, 2.45) is 21.5 Å². The highest BCUT2D eigenvalue weighted by atomic mass is 19.3. The summed E-state index contributed by atoms with van der Waals surface area (Å²) in [5.41, 5.74) is 15.4. The number of halogens is 6. The maximum Gasteiger partial charge on any atom is 0.328 e. The topological polar surface area (TPSA) is 229 Å². The van der Waals surface area contributed by atoms with Gasteiger partial charge in [-0.05, 0) is 81.9 Å². The summed E-state index contributed by atoms with van der Waals surface area (Å²) >= 11 is 0. The zero-order valence-corrected chi connectivity index (χ0v) is 37.0. The summed E-state index contributed by atoms with van der Waals surface area (Å²) in [6, 6.07) is 29.6.